The average molecular weight is 672 g/mol. The summed E-state index contributed by atoms with van der Waals surface area (Å²) in [6, 6.07) is 54.0. The predicted molar refractivity (Wildman–Crippen MR) is 215 cm³/mol. The number of nitrogens with zero attached hydrogens (tertiary/aromatic N) is 1. The molecule has 0 N–H and O–H groups in total. The van der Waals surface area contributed by atoms with E-state index < -0.39 is 0 Å². The molecular weight excluding hydrogens is 627 g/mol. The monoisotopic (exact) mass is 671 g/mol. The largest absolute Gasteiger partial charge is 0.310 e. The van der Waals surface area contributed by atoms with Crippen molar-refractivity contribution in [3.05, 3.63) is 162 Å². The lowest BCUT2D eigenvalue weighted by Gasteiger charge is -2.61. The lowest BCUT2D eigenvalue weighted by Crippen LogP contribution is -2.55. The van der Waals surface area contributed by atoms with Crippen LogP contribution >= 0.6 is 0 Å². The molecule has 5 saturated carbocycles. The molecule has 0 atom stereocenters. The lowest BCUT2D eigenvalue weighted by molar-refractivity contribution is -0.0399. The van der Waals surface area contributed by atoms with Gasteiger partial charge in [-0.2, -0.15) is 0 Å². The third kappa shape index (κ3) is 3.90. The molecule has 0 radical (unpaired) electrons. The minimum atomic E-state index is 0.134. The van der Waals surface area contributed by atoms with Gasteiger partial charge in [-0.1, -0.05) is 116 Å². The van der Waals surface area contributed by atoms with Crippen LogP contribution in [0.5, 0.6) is 0 Å². The summed E-state index contributed by atoms with van der Waals surface area (Å²) in [6.45, 7) is 0. The van der Waals surface area contributed by atoms with Crippen LogP contribution in [0.15, 0.2) is 140 Å². The second kappa shape index (κ2) is 10.8. The van der Waals surface area contributed by atoms with E-state index in [1.54, 1.807) is 22.3 Å². The van der Waals surface area contributed by atoms with Crippen molar-refractivity contribution in [1.82, 2.24) is 0 Å². The molecule has 7 aliphatic carbocycles. The number of hydrogen-bond donors (Lipinski definition) is 0. The van der Waals surface area contributed by atoms with Crippen LogP contribution in [0.25, 0.3) is 33.4 Å². The van der Waals surface area contributed by atoms with E-state index in [-0.39, 0.29) is 10.8 Å². The van der Waals surface area contributed by atoms with Crippen molar-refractivity contribution in [1.29, 1.82) is 0 Å². The molecule has 0 aromatic heterocycles. The minimum absolute atomic E-state index is 0.134. The molecular formula is C51H45N. The van der Waals surface area contributed by atoms with E-state index in [0.29, 0.717) is 0 Å². The summed E-state index contributed by atoms with van der Waals surface area (Å²) in [5, 5.41) is 0. The van der Waals surface area contributed by atoms with Crippen LogP contribution in [0.4, 0.5) is 17.1 Å². The highest BCUT2D eigenvalue weighted by Crippen LogP contribution is 2.69. The van der Waals surface area contributed by atoms with Gasteiger partial charge in [-0.25, -0.2) is 0 Å². The van der Waals surface area contributed by atoms with Gasteiger partial charge in [0.2, 0.25) is 0 Å². The molecule has 13 rings (SSSR count). The predicted octanol–water partition coefficient (Wildman–Crippen LogP) is 13.4. The van der Waals surface area contributed by atoms with E-state index in [0.717, 1.165) is 23.7 Å². The Kier molecular flexibility index (Phi) is 6.18. The van der Waals surface area contributed by atoms with Gasteiger partial charge < -0.3 is 4.90 Å². The standard InChI is InChI=1S/C51H45N/c1-2-10-35(11-3-1)36-16-18-39(19-17-36)52(40-20-22-44-42-12-4-6-14-46(42)50(48(44)31-40)24-8-9-25-50)41-21-23-45-43-13-5-7-15-47(43)51(49(45)32-41)37-27-33-26-34(29-37)30-38(51)28-33/h1-7,10-23,31-34,37-38H,8-9,24-30H2. The Hall–Kier alpha value is -4.88. The normalized spacial score (nSPS) is 26.4. The maximum absolute atomic E-state index is 2.66. The SMILES string of the molecule is c1ccc(-c2ccc(N(c3ccc4c(c3)C3(CCCC3)c3ccccc3-4)c3ccc4c(c3)C3(c5ccccc5-4)C4CC5CC(C4)CC3C5)cc2)cc1. The second-order valence-corrected chi connectivity index (χ2v) is 17.3. The van der Waals surface area contributed by atoms with Gasteiger partial charge in [-0.15, -0.1) is 0 Å². The van der Waals surface area contributed by atoms with E-state index in [4.69, 9.17) is 0 Å². The van der Waals surface area contributed by atoms with Gasteiger partial charge in [0.15, 0.2) is 0 Å². The maximum atomic E-state index is 2.66. The van der Waals surface area contributed by atoms with Crippen molar-refractivity contribution < 1.29 is 0 Å². The summed E-state index contributed by atoms with van der Waals surface area (Å²) in [5.74, 6) is 3.37. The highest BCUT2D eigenvalue weighted by atomic mass is 15.1. The van der Waals surface area contributed by atoms with Gasteiger partial charge in [0.25, 0.3) is 0 Å². The second-order valence-electron chi connectivity index (χ2n) is 17.3. The van der Waals surface area contributed by atoms with E-state index >= 15 is 0 Å². The molecule has 0 heterocycles. The molecule has 6 aromatic carbocycles. The zero-order valence-electron chi connectivity index (χ0n) is 29.9. The van der Waals surface area contributed by atoms with Crippen molar-refractivity contribution in [2.24, 2.45) is 23.7 Å². The Morgan fingerprint density at radius 2 is 0.904 bits per heavy atom. The van der Waals surface area contributed by atoms with Crippen molar-refractivity contribution >= 4 is 17.1 Å². The van der Waals surface area contributed by atoms with Crippen LogP contribution in [0, 0.1) is 23.7 Å². The highest BCUT2D eigenvalue weighted by molar-refractivity contribution is 5.89. The van der Waals surface area contributed by atoms with Crippen molar-refractivity contribution in [3.8, 4) is 33.4 Å². The molecule has 254 valence electrons. The Labute approximate surface area is 308 Å². The maximum Gasteiger partial charge on any atom is 0.0465 e. The summed E-state index contributed by atoms with van der Waals surface area (Å²) < 4.78 is 0. The van der Waals surface area contributed by atoms with E-state index in [1.165, 1.54) is 108 Å². The van der Waals surface area contributed by atoms with E-state index in [9.17, 15) is 0 Å². The third-order valence-corrected chi connectivity index (χ3v) is 15.0. The first-order chi connectivity index (χ1) is 25.7. The molecule has 0 unspecified atom stereocenters. The molecule has 1 heteroatoms. The van der Waals surface area contributed by atoms with Gasteiger partial charge in [0.1, 0.15) is 0 Å². The van der Waals surface area contributed by atoms with Crippen LogP contribution in [0.3, 0.4) is 0 Å². The van der Waals surface area contributed by atoms with Gasteiger partial charge in [-0.05, 0) is 161 Å². The Morgan fingerprint density at radius 1 is 0.404 bits per heavy atom. The topological polar surface area (TPSA) is 3.24 Å². The first-order valence-electron chi connectivity index (χ1n) is 20.2. The Balaban J connectivity index is 1.05. The first-order valence-corrected chi connectivity index (χ1v) is 20.2. The van der Waals surface area contributed by atoms with Gasteiger partial charge in [0.05, 0.1) is 0 Å². The molecule has 6 aromatic rings. The molecule has 0 amide bonds. The molecule has 7 aliphatic rings. The van der Waals surface area contributed by atoms with Crippen LogP contribution in [-0.4, -0.2) is 0 Å². The Bertz CT molecular complexity index is 2350. The highest BCUT2D eigenvalue weighted by Gasteiger charge is 2.61. The van der Waals surface area contributed by atoms with Crippen LogP contribution in [-0.2, 0) is 10.8 Å². The van der Waals surface area contributed by atoms with Crippen molar-refractivity contribution in [2.75, 3.05) is 4.90 Å². The molecule has 0 saturated heterocycles. The number of fused-ring (bicyclic) bond motifs is 8. The fourth-order valence-corrected chi connectivity index (χ4v) is 13.3. The summed E-state index contributed by atoms with van der Waals surface area (Å²) in [4.78, 5) is 2.59. The first kappa shape index (κ1) is 29.7. The molecule has 4 bridgehead atoms. The van der Waals surface area contributed by atoms with E-state index in [2.05, 4.69) is 144 Å². The summed E-state index contributed by atoms with van der Waals surface area (Å²) >= 11 is 0. The Morgan fingerprint density at radius 3 is 1.58 bits per heavy atom. The van der Waals surface area contributed by atoms with Crippen molar-refractivity contribution in [2.45, 2.75) is 68.6 Å². The quantitative estimate of drug-likeness (QED) is 0.180. The van der Waals surface area contributed by atoms with Crippen molar-refractivity contribution in [3.63, 3.8) is 0 Å². The van der Waals surface area contributed by atoms with Gasteiger partial charge in [0, 0.05) is 27.9 Å². The molecule has 5 fully saturated rings. The molecule has 52 heavy (non-hydrogen) atoms. The van der Waals surface area contributed by atoms with Crippen LogP contribution in [0.2, 0.25) is 0 Å². The summed E-state index contributed by atoms with van der Waals surface area (Å²) in [6.07, 6.45) is 12.2. The number of rotatable bonds is 4. The molecule has 0 aliphatic heterocycles. The van der Waals surface area contributed by atoms with Gasteiger partial charge in [-0.3, -0.25) is 0 Å². The summed E-state index contributed by atoms with van der Waals surface area (Å²) in [5.41, 5.74) is 18.8. The fourth-order valence-electron chi connectivity index (χ4n) is 13.3. The van der Waals surface area contributed by atoms with Crippen LogP contribution < -0.4 is 4.90 Å². The van der Waals surface area contributed by atoms with Gasteiger partial charge >= 0.3 is 0 Å². The van der Waals surface area contributed by atoms with Crippen LogP contribution in [0.1, 0.15) is 80.0 Å². The lowest BCUT2D eigenvalue weighted by atomic mass is 9.43. The molecule has 1 nitrogen and oxygen atoms in total. The average Bonchev–Trinajstić information content (AvgIpc) is 3.88. The molecule has 2 spiro atoms. The van der Waals surface area contributed by atoms with E-state index in [1.807, 2.05) is 0 Å². The number of hydrogen-bond acceptors (Lipinski definition) is 1. The fraction of sp³-hybridized carbons (Fsp3) is 0.294. The zero-order chi connectivity index (χ0) is 34.0. The number of benzene rings is 6. The number of anilines is 3. The summed E-state index contributed by atoms with van der Waals surface area (Å²) in [7, 11) is 0. The smallest absolute Gasteiger partial charge is 0.0465 e. The minimum Gasteiger partial charge on any atom is -0.310 e. The third-order valence-electron chi connectivity index (χ3n) is 15.0. The zero-order valence-corrected chi connectivity index (χ0v) is 29.9.